The second-order valence-corrected chi connectivity index (χ2v) is 8.09. The highest BCUT2D eigenvalue weighted by atomic mass is 16.5. The second kappa shape index (κ2) is 9.44. The van der Waals surface area contributed by atoms with Gasteiger partial charge < -0.3 is 19.6 Å². The van der Waals surface area contributed by atoms with Crippen LogP contribution in [0.25, 0.3) is 0 Å². The number of amides is 1. The Morgan fingerprint density at radius 3 is 2.59 bits per heavy atom. The third-order valence-corrected chi connectivity index (χ3v) is 5.68. The van der Waals surface area contributed by atoms with Gasteiger partial charge in [0.15, 0.2) is 11.5 Å². The van der Waals surface area contributed by atoms with Gasteiger partial charge in [-0.15, -0.1) is 0 Å². The summed E-state index contributed by atoms with van der Waals surface area (Å²) in [6.45, 7) is 9.30. The van der Waals surface area contributed by atoms with Crippen LogP contribution in [-0.2, 0) is 9.59 Å². The molecule has 1 aromatic carbocycles. The number of Topliss-reactive ketones (excluding diaryl/α,β-unsaturated/α-hetero) is 1. The Labute approximate surface area is 173 Å². The number of hydrogen-bond donors (Lipinski definition) is 1. The highest BCUT2D eigenvalue weighted by Gasteiger charge is 2.43. The molecule has 2 aliphatic heterocycles. The fourth-order valence-electron chi connectivity index (χ4n) is 4.17. The number of ketones is 1. The first kappa shape index (κ1) is 21.4. The van der Waals surface area contributed by atoms with Gasteiger partial charge in [0.1, 0.15) is 5.75 Å². The smallest absolute Gasteiger partial charge is 0.290 e. The van der Waals surface area contributed by atoms with Gasteiger partial charge in [0.05, 0.1) is 18.2 Å². The number of ether oxygens (including phenoxy) is 1. The van der Waals surface area contributed by atoms with E-state index in [2.05, 4.69) is 4.90 Å². The zero-order valence-corrected chi connectivity index (χ0v) is 17.7. The van der Waals surface area contributed by atoms with E-state index in [1.54, 1.807) is 18.7 Å². The predicted molar refractivity (Wildman–Crippen MR) is 112 cm³/mol. The average Bonchev–Trinajstić information content (AvgIpc) is 2.97. The number of benzene rings is 1. The number of piperidine rings is 1. The van der Waals surface area contributed by atoms with E-state index in [4.69, 9.17) is 4.74 Å². The fraction of sp³-hybridized carbons (Fsp3) is 0.565. The molecule has 0 saturated carbocycles. The Kier molecular flexibility index (Phi) is 6.96. The number of likely N-dealkylation sites (tertiary alicyclic amines) is 1. The van der Waals surface area contributed by atoms with Crippen LogP contribution in [-0.4, -0.2) is 59.4 Å². The molecule has 0 aliphatic carbocycles. The summed E-state index contributed by atoms with van der Waals surface area (Å²) in [4.78, 5) is 29.8. The third kappa shape index (κ3) is 4.64. The first-order chi connectivity index (χ1) is 13.9. The van der Waals surface area contributed by atoms with Crippen molar-refractivity contribution in [3.63, 3.8) is 0 Å². The van der Waals surface area contributed by atoms with Gasteiger partial charge >= 0.3 is 0 Å². The largest absolute Gasteiger partial charge is 0.503 e. The number of aliphatic hydroxyl groups is 1. The number of carbonyl (C=O) groups is 2. The maximum atomic E-state index is 12.9. The monoisotopic (exact) mass is 400 g/mol. The molecule has 3 rings (SSSR count). The van der Waals surface area contributed by atoms with Gasteiger partial charge in [-0.25, -0.2) is 0 Å². The van der Waals surface area contributed by atoms with Crippen molar-refractivity contribution in [3.05, 3.63) is 41.2 Å². The van der Waals surface area contributed by atoms with Crippen molar-refractivity contribution in [2.24, 2.45) is 5.92 Å². The molecule has 2 aliphatic rings. The van der Waals surface area contributed by atoms with Crippen molar-refractivity contribution >= 4 is 11.7 Å². The number of carbonyl (C=O) groups excluding carboxylic acids is 2. The number of hydrogen-bond acceptors (Lipinski definition) is 5. The lowest BCUT2D eigenvalue weighted by Gasteiger charge is -2.32. The Hall–Kier alpha value is -2.34. The molecule has 1 N–H and O–H groups in total. The zero-order chi connectivity index (χ0) is 21.0. The molecule has 2 heterocycles. The zero-order valence-electron chi connectivity index (χ0n) is 17.7. The lowest BCUT2D eigenvalue weighted by molar-refractivity contribution is -0.129. The molecule has 158 valence electrons. The molecule has 6 nitrogen and oxygen atoms in total. The van der Waals surface area contributed by atoms with Gasteiger partial charge in [0.25, 0.3) is 5.91 Å². The normalized spacial score (nSPS) is 20.6. The minimum absolute atomic E-state index is 0.192. The molecule has 0 spiro atoms. The third-order valence-electron chi connectivity index (χ3n) is 5.68. The number of nitrogens with zero attached hydrogens (tertiary/aromatic N) is 2. The van der Waals surface area contributed by atoms with Gasteiger partial charge in [0, 0.05) is 19.0 Å². The first-order valence-corrected chi connectivity index (χ1v) is 10.7. The van der Waals surface area contributed by atoms with Crippen LogP contribution in [0.3, 0.4) is 0 Å². The lowest BCUT2D eigenvalue weighted by Crippen LogP contribution is -2.40. The summed E-state index contributed by atoms with van der Waals surface area (Å²) in [5.74, 6) is -0.675. The molecule has 1 fully saturated rings. The SMILES string of the molecule is CCOc1cccc(C2C(C(=O)C(C)C)=C(O)C(=O)N2CCN2CCCCC2)c1. The van der Waals surface area contributed by atoms with Crippen LogP contribution in [0.15, 0.2) is 35.6 Å². The lowest BCUT2D eigenvalue weighted by atomic mass is 9.91. The summed E-state index contributed by atoms with van der Waals surface area (Å²) in [6, 6.07) is 6.89. The van der Waals surface area contributed by atoms with Crippen LogP contribution >= 0.6 is 0 Å². The molecule has 1 atom stereocenters. The first-order valence-electron chi connectivity index (χ1n) is 10.7. The van der Waals surface area contributed by atoms with Crippen molar-refractivity contribution in [1.82, 2.24) is 9.80 Å². The molecule has 0 radical (unpaired) electrons. The van der Waals surface area contributed by atoms with Crippen LogP contribution in [0.1, 0.15) is 51.6 Å². The van der Waals surface area contributed by atoms with Gasteiger partial charge in [-0.1, -0.05) is 32.4 Å². The van der Waals surface area contributed by atoms with Crippen molar-refractivity contribution in [1.29, 1.82) is 0 Å². The maximum absolute atomic E-state index is 12.9. The van der Waals surface area contributed by atoms with Crippen molar-refractivity contribution in [2.75, 3.05) is 32.8 Å². The van der Waals surface area contributed by atoms with Crippen molar-refractivity contribution in [3.8, 4) is 5.75 Å². The van der Waals surface area contributed by atoms with E-state index in [0.717, 1.165) is 25.2 Å². The van der Waals surface area contributed by atoms with E-state index >= 15 is 0 Å². The van der Waals surface area contributed by atoms with Crippen LogP contribution in [0.5, 0.6) is 5.75 Å². The highest BCUT2D eigenvalue weighted by Crippen LogP contribution is 2.39. The summed E-state index contributed by atoms with van der Waals surface area (Å²) < 4.78 is 5.62. The highest BCUT2D eigenvalue weighted by molar-refractivity contribution is 6.09. The Morgan fingerprint density at radius 2 is 1.93 bits per heavy atom. The van der Waals surface area contributed by atoms with Crippen LogP contribution in [0.4, 0.5) is 0 Å². The van der Waals surface area contributed by atoms with E-state index in [1.807, 2.05) is 31.2 Å². The van der Waals surface area contributed by atoms with Gasteiger partial charge in [-0.3, -0.25) is 9.59 Å². The van der Waals surface area contributed by atoms with Crippen molar-refractivity contribution in [2.45, 2.75) is 46.1 Å². The molecule has 29 heavy (non-hydrogen) atoms. The van der Waals surface area contributed by atoms with Crippen LogP contribution in [0, 0.1) is 5.92 Å². The van der Waals surface area contributed by atoms with Crippen LogP contribution in [0.2, 0.25) is 0 Å². The van der Waals surface area contributed by atoms with Crippen molar-refractivity contribution < 1.29 is 19.4 Å². The van der Waals surface area contributed by atoms with E-state index < -0.39 is 17.7 Å². The molecule has 6 heteroatoms. The van der Waals surface area contributed by atoms with E-state index in [1.165, 1.54) is 19.3 Å². The summed E-state index contributed by atoms with van der Waals surface area (Å²) in [5, 5.41) is 10.6. The van der Waals surface area contributed by atoms with Gasteiger partial charge in [0.2, 0.25) is 0 Å². The maximum Gasteiger partial charge on any atom is 0.290 e. The standard InChI is InChI=1S/C23H32N2O4/c1-4-29-18-10-8-9-17(15-18)20-19(21(26)16(2)3)22(27)23(28)25(20)14-13-24-11-6-5-7-12-24/h8-10,15-16,20,27H,4-7,11-14H2,1-3H3. The van der Waals surface area contributed by atoms with E-state index in [-0.39, 0.29) is 17.3 Å². The predicted octanol–water partition coefficient (Wildman–Crippen LogP) is 3.49. The quantitative estimate of drug-likeness (QED) is 0.723. The Balaban J connectivity index is 1.92. The van der Waals surface area contributed by atoms with E-state index in [9.17, 15) is 14.7 Å². The molecule has 1 amide bonds. The van der Waals surface area contributed by atoms with Gasteiger partial charge in [-0.05, 0) is 50.6 Å². The second-order valence-electron chi connectivity index (χ2n) is 8.09. The summed E-state index contributed by atoms with van der Waals surface area (Å²) >= 11 is 0. The molecule has 1 saturated heterocycles. The molecule has 1 unspecified atom stereocenters. The molecular formula is C23H32N2O4. The fourth-order valence-corrected chi connectivity index (χ4v) is 4.17. The summed E-state index contributed by atoms with van der Waals surface area (Å²) in [6.07, 6.45) is 3.60. The molecule has 1 aromatic rings. The summed E-state index contributed by atoms with van der Waals surface area (Å²) in [7, 11) is 0. The molecular weight excluding hydrogens is 368 g/mol. The van der Waals surface area contributed by atoms with Gasteiger partial charge in [-0.2, -0.15) is 0 Å². The minimum atomic E-state index is -0.581. The summed E-state index contributed by atoms with van der Waals surface area (Å²) in [5.41, 5.74) is 0.994. The number of rotatable bonds is 8. The minimum Gasteiger partial charge on any atom is -0.503 e. The van der Waals surface area contributed by atoms with E-state index in [0.29, 0.717) is 18.9 Å². The average molecular weight is 401 g/mol. The van der Waals surface area contributed by atoms with Crippen LogP contribution < -0.4 is 4.74 Å². The topological polar surface area (TPSA) is 70.1 Å². The molecule has 0 aromatic heterocycles. The Bertz CT molecular complexity index is 781. The number of aliphatic hydroxyl groups excluding tert-OH is 1. The molecule has 0 bridgehead atoms. The Morgan fingerprint density at radius 1 is 1.21 bits per heavy atom.